The maximum absolute atomic E-state index is 13.7. The summed E-state index contributed by atoms with van der Waals surface area (Å²) in [6, 6.07) is 33.2. The van der Waals surface area contributed by atoms with Crippen LogP contribution < -0.4 is 5.32 Å². The summed E-state index contributed by atoms with van der Waals surface area (Å²) in [5.74, 6) is -0.350. The zero-order valence-corrected chi connectivity index (χ0v) is 21.8. The second-order valence-electron chi connectivity index (χ2n) is 8.79. The van der Waals surface area contributed by atoms with Gasteiger partial charge in [-0.25, -0.2) is 0 Å². The number of hydrogen-bond acceptors (Lipinski definition) is 2. The van der Waals surface area contributed by atoms with Crippen LogP contribution in [-0.2, 0) is 29.1 Å². The number of halogens is 2. The number of amides is 2. The maximum Gasteiger partial charge on any atom is 0.247 e. The van der Waals surface area contributed by atoms with Crippen LogP contribution in [0.5, 0.6) is 0 Å². The molecule has 4 nitrogen and oxygen atoms in total. The van der Waals surface area contributed by atoms with Gasteiger partial charge in [-0.1, -0.05) is 108 Å². The summed E-state index contributed by atoms with van der Waals surface area (Å²) in [7, 11) is 0. The van der Waals surface area contributed by atoms with E-state index in [9.17, 15) is 9.59 Å². The first-order chi connectivity index (χ1) is 18.0. The first-order valence-electron chi connectivity index (χ1n) is 12.1. The van der Waals surface area contributed by atoms with Gasteiger partial charge in [0.2, 0.25) is 11.8 Å². The minimum atomic E-state index is -0.799. The van der Waals surface area contributed by atoms with E-state index in [0.29, 0.717) is 23.0 Å². The van der Waals surface area contributed by atoms with Crippen molar-refractivity contribution in [3.05, 3.63) is 141 Å². The Morgan fingerprint density at radius 2 is 1.22 bits per heavy atom. The molecule has 0 aliphatic carbocycles. The number of carbonyl (C=O) groups excluding carboxylic acids is 2. The molecule has 1 atom stereocenters. The lowest BCUT2D eigenvalue weighted by Crippen LogP contribution is -2.43. The minimum Gasteiger partial charge on any atom is -0.350 e. The van der Waals surface area contributed by atoms with Crippen LogP contribution in [0.1, 0.15) is 34.7 Å². The van der Waals surface area contributed by atoms with Gasteiger partial charge in [0.1, 0.15) is 6.04 Å². The number of nitrogens with zero attached hydrogens (tertiary/aromatic N) is 1. The Balaban J connectivity index is 1.62. The lowest BCUT2D eigenvalue weighted by atomic mass is 10.0. The summed E-state index contributed by atoms with van der Waals surface area (Å²) in [5.41, 5.74) is 3.64. The molecule has 6 heteroatoms. The van der Waals surface area contributed by atoms with Crippen molar-refractivity contribution in [2.45, 2.75) is 32.0 Å². The van der Waals surface area contributed by atoms with E-state index < -0.39 is 6.04 Å². The third kappa shape index (κ3) is 7.69. The quantitative estimate of drug-likeness (QED) is 0.239. The molecule has 37 heavy (non-hydrogen) atoms. The van der Waals surface area contributed by atoms with Crippen molar-refractivity contribution in [3.8, 4) is 0 Å². The van der Waals surface area contributed by atoms with Crippen molar-refractivity contribution >= 4 is 35.0 Å². The summed E-state index contributed by atoms with van der Waals surface area (Å²) in [5, 5.41) is 4.28. The van der Waals surface area contributed by atoms with Gasteiger partial charge < -0.3 is 10.2 Å². The summed E-state index contributed by atoms with van der Waals surface area (Å²) in [6.45, 7) is 0.602. The first kappa shape index (κ1) is 26.5. The molecule has 0 saturated carbocycles. The van der Waals surface area contributed by atoms with Gasteiger partial charge >= 0.3 is 0 Å². The highest BCUT2D eigenvalue weighted by Gasteiger charge is 2.31. The number of nitrogens with one attached hydrogen (secondary N) is 1. The highest BCUT2D eigenvalue weighted by molar-refractivity contribution is 6.30. The molecule has 188 valence electrons. The van der Waals surface area contributed by atoms with Gasteiger partial charge in [0.25, 0.3) is 0 Å². The molecule has 1 N–H and O–H groups in total. The van der Waals surface area contributed by atoms with Crippen LogP contribution in [0.2, 0.25) is 10.0 Å². The molecule has 0 heterocycles. The molecule has 4 aromatic rings. The minimum absolute atomic E-state index is 0.103. The summed E-state index contributed by atoms with van der Waals surface area (Å²) < 4.78 is 0. The Kier molecular flexibility index (Phi) is 9.36. The van der Waals surface area contributed by atoms with E-state index in [1.165, 1.54) is 0 Å². The standard InChI is InChI=1S/C31H28Cl2N2O2/c32-27-16-11-24(12-17-27)21-34-31(37)30(26-9-5-2-6-10-26)35(22-25-13-18-28(33)19-14-25)29(36)20-15-23-7-3-1-4-8-23/h1-14,16-19,30H,15,20-22H2,(H,34,37). The van der Waals surface area contributed by atoms with E-state index in [4.69, 9.17) is 23.2 Å². The zero-order valence-electron chi connectivity index (χ0n) is 20.3. The van der Waals surface area contributed by atoms with Gasteiger partial charge in [-0.3, -0.25) is 9.59 Å². The van der Waals surface area contributed by atoms with E-state index in [-0.39, 0.29) is 24.8 Å². The number of rotatable bonds is 10. The third-order valence-corrected chi connectivity index (χ3v) is 6.62. The summed E-state index contributed by atoms with van der Waals surface area (Å²) >= 11 is 12.1. The summed E-state index contributed by atoms with van der Waals surface area (Å²) in [4.78, 5) is 29.1. The second-order valence-corrected chi connectivity index (χ2v) is 9.66. The Bertz CT molecular complexity index is 1290. The molecule has 0 bridgehead atoms. The van der Waals surface area contributed by atoms with Gasteiger partial charge in [0, 0.05) is 29.6 Å². The molecule has 0 saturated heterocycles. The fourth-order valence-corrected chi connectivity index (χ4v) is 4.40. The van der Waals surface area contributed by atoms with E-state index in [1.54, 1.807) is 29.2 Å². The highest BCUT2D eigenvalue weighted by atomic mass is 35.5. The topological polar surface area (TPSA) is 49.4 Å². The molecule has 0 fully saturated rings. The second kappa shape index (κ2) is 13.1. The van der Waals surface area contributed by atoms with Crippen LogP contribution in [0.3, 0.4) is 0 Å². The van der Waals surface area contributed by atoms with Crippen LogP contribution in [0, 0.1) is 0 Å². The summed E-state index contributed by atoms with van der Waals surface area (Å²) in [6.07, 6.45) is 0.871. The van der Waals surface area contributed by atoms with Crippen molar-refractivity contribution in [1.82, 2.24) is 10.2 Å². The van der Waals surface area contributed by atoms with Gasteiger partial charge in [-0.2, -0.15) is 0 Å². The first-order valence-corrected chi connectivity index (χ1v) is 12.9. The van der Waals surface area contributed by atoms with Crippen molar-refractivity contribution in [1.29, 1.82) is 0 Å². The van der Waals surface area contributed by atoms with Crippen LogP contribution in [0.15, 0.2) is 109 Å². The van der Waals surface area contributed by atoms with E-state index >= 15 is 0 Å². The van der Waals surface area contributed by atoms with Gasteiger partial charge in [-0.05, 0) is 52.9 Å². The molecule has 1 unspecified atom stereocenters. The monoisotopic (exact) mass is 530 g/mol. The molecule has 4 rings (SSSR count). The lowest BCUT2D eigenvalue weighted by molar-refractivity contribution is -0.141. The van der Waals surface area contributed by atoms with Crippen LogP contribution in [0.4, 0.5) is 0 Å². The predicted octanol–water partition coefficient (Wildman–Crippen LogP) is 7.01. The molecule has 0 aromatic heterocycles. The normalized spacial score (nSPS) is 11.5. The molecule has 0 spiro atoms. The Morgan fingerprint density at radius 3 is 1.81 bits per heavy atom. The average Bonchev–Trinajstić information content (AvgIpc) is 2.93. The van der Waals surface area contributed by atoms with Crippen LogP contribution >= 0.6 is 23.2 Å². The molecule has 4 aromatic carbocycles. The van der Waals surface area contributed by atoms with Crippen LogP contribution in [0.25, 0.3) is 0 Å². The SMILES string of the molecule is O=C(NCc1ccc(Cl)cc1)C(c1ccccc1)N(Cc1ccc(Cl)cc1)C(=O)CCc1ccccc1. The Hall–Kier alpha value is -3.60. The molecule has 2 amide bonds. The van der Waals surface area contributed by atoms with Gasteiger partial charge in [-0.15, -0.1) is 0 Å². The average molecular weight is 531 g/mol. The fraction of sp³-hybridized carbons (Fsp3) is 0.161. The molecular formula is C31H28Cl2N2O2. The van der Waals surface area contributed by atoms with Crippen molar-refractivity contribution in [2.75, 3.05) is 0 Å². The largest absolute Gasteiger partial charge is 0.350 e. The smallest absolute Gasteiger partial charge is 0.247 e. The molecular weight excluding hydrogens is 503 g/mol. The number of benzene rings is 4. The Morgan fingerprint density at radius 1 is 0.676 bits per heavy atom. The van der Waals surface area contributed by atoms with Crippen LogP contribution in [-0.4, -0.2) is 16.7 Å². The maximum atomic E-state index is 13.7. The van der Waals surface area contributed by atoms with E-state index in [0.717, 1.165) is 22.3 Å². The molecule has 0 aliphatic rings. The van der Waals surface area contributed by atoms with Gasteiger partial charge in [0.05, 0.1) is 0 Å². The van der Waals surface area contributed by atoms with Crippen molar-refractivity contribution < 1.29 is 9.59 Å². The number of aryl methyl sites for hydroxylation is 1. The van der Waals surface area contributed by atoms with Crippen molar-refractivity contribution in [2.24, 2.45) is 0 Å². The van der Waals surface area contributed by atoms with Crippen molar-refractivity contribution in [3.63, 3.8) is 0 Å². The fourth-order valence-electron chi connectivity index (χ4n) is 4.15. The Labute approximate surface area is 227 Å². The molecule has 0 aliphatic heterocycles. The lowest BCUT2D eigenvalue weighted by Gasteiger charge is -2.32. The predicted molar refractivity (Wildman–Crippen MR) is 149 cm³/mol. The van der Waals surface area contributed by atoms with E-state index in [1.807, 2.05) is 84.9 Å². The highest BCUT2D eigenvalue weighted by Crippen LogP contribution is 2.26. The number of hydrogen-bond donors (Lipinski definition) is 1. The van der Waals surface area contributed by atoms with E-state index in [2.05, 4.69) is 5.32 Å². The third-order valence-electron chi connectivity index (χ3n) is 6.11. The van der Waals surface area contributed by atoms with Gasteiger partial charge in [0.15, 0.2) is 0 Å². The number of carbonyl (C=O) groups is 2. The molecule has 0 radical (unpaired) electrons. The zero-order chi connectivity index (χ0) is 26.0.